The van der Waals surface area contributed by atoms with Gasteiger partial charge in [-0.1, -0.05) is 0 Å². The van der Waals surface area contributed by atoms with Crippen LogP contribution in [0, 0.1) is 11.3 Å². The van der Waals surface area contributed by atoms with Crippen molar-refractivity contribution >= 4 is 13.7 Å². The lowest BCUT2D eigenvalue weighted by Gasteiger charge is -2.47. The number of fused-ring (bicyclic) bond motifs is 1. The van der Waals surface area contributed by atoms with Crippen molar-refractivity contribution in [3.05, 3.63) is 29.3 Å². The molecule has 2 heterocycles. The smallest absolute Gasteiger partial charge is 0.223 e. The molecule has 10 heteroatoms. The van der Waals surface area contributed by atoms with Crippen LogP contribution in [0.3, 0.4) is 0 Å². The number of rotatable bonds is 6. The summed E-state index contributed by atoms with van der Waals surface area (Å²) in [6, 6.07) is 6.60. The number of carbonyl (C=O) groups is 1. The molecular formula is C18H21N2O7P-2. The first kappa shape index (κ1) is 20.8. The predicted molar refractivity (Wildman–Crippen MR) is 92.9 cm³/mol. The molecule has 28 heavy (non-hydrogen) atoms. The predicted octanol–water partition coefficient (Wildman–Crippen LogP) is 0.623. The Bertz CT molecular complexity index is 845. The van der Waals surface area contributed by atoms with Crippen LogP contribution in [0.5, 0.6) is 5.75 Å². The summed E-state index contributed by atoms with van der Waals surface area (Å²) in [5.74, 6) is 0.540. The SMILES string of the molecule is CC1(C)Oc2ccc(C#N)cc2[C@H](N2CCCC2=O)[C@H]1OCCOP(=O)([O-])[O-]. The van der Waals surface area contributed by atoms with Gasteiger partial charge in [-0.2, -0.15) is 5.26 Å². The second-order valence-electron chi connectivity index (χ2n) is 7.28. The minimum absolute atomic E-state index is 0.0236. The van der Waals surface area contributed by atoms with E-state index in [4.69, 9.17) is 9.47 Å². The van der Waals surface area contributed by atoms with E-state index in [2.05, 4.69) is 10.6 Å². The summed E-state index contributed by atoms with van der Waals surface area (Å²) in [7, 11) is -5.09. The van der Waals surface area contributed by atoms with Gasteiger partial charge >= 0.3 is 0 Å². The third kappa shape index (κ3) is 4.37. The minimum Gasteiger partial charge on any atom is -0.790 e. The van der Waals surface area contributed by atoms with Gasteiger partial charge in [0.2, 0.25) is 5.91 Å². The summed E-state index contributed by atoms with van der Waals surface area (Å²) in [5, 5.41) is 9.26. The fourth-order valence-electron chi connectivity index (χ4n) is 3.74. The van der Waals surface area contributed by atoms with E-state index in [1.54, 1.807) is 36.9 Å². The van der Waals surface area contributed by atoms with Crippen LogP contribution in [0.25, 0.3) is 0 Å². The molecule has 1 fully saturated rings. The zero-order chi connectivity index (χ0) is 20.5. The van der Waals surface area contributed by atoms with Gasteiger partial charge in [0.15, 0.2) is 0 Å². The number of phosphoric ester groups is 1. The molecule has 1 saturated heterocycles. The van der Waals surface area contributed by atoms with Crippen molar-refractivity contribution in [1.29, 1.82) is 5.26 Å². The highest BCUT2D eigenvalue weighted by Crippen LogP contribution is 2.45. The quantitative estimate of drug-likeness (QED) is 0.494. The topological polar surface area (TPSA) is 135 Å². The molecule has 0 spiro atoms. The first-order chi connectivity index (χ1) is 13.1. The van der Waals surface area contributed by atoms with E-state index < -0.39 is 32.2 Å². The zero-order valence-corrected chi connectivity index (χ0v) is 16.5. The number of hydrogen-bond donors (Lipinski definition) is 0. The van der Waals surface area contributed by atoms with Crippen molar-refractivity contribution in [2.75, 3.05) is 19.8 Å². The van der Waals surface area contributed by atoms with Gasteiger partial charge in [-0.3, -0.25) is 4.79 Å². The number of ether oxygens (including phenoxy) is 2. The number of benzene rings is 1. The molecule has 2 aliphatic heterocycles. The molecule has 152 valence electrons. The molecule has 2 aliphatic rings. The molecule has 2 atom stereocenters. The van der Waals surface area contributed by atoms with E-state index in [0.717, 1.165) is 6.42 Å². The van der Waals surface area contributed by atoms with E-state index in [0.29, 0.717) is 29.8 Å². The number of amides is 1. The van der Waals surface area contributed by atoms with Crippen molar-refractivity contribution in [2.45, 2.75) is 44.4 Å². The molecule has 9 nitrogen and oxygen atoms in total. The second kappa shape index (κ2) is 7.82. The molecular weight excluding hydrogens is 387 g/mol. The Balaban J connectivity index is 1.93. The molecule has 0 aromatic heterocycles. The maximum Gasteiger partial charge on any atom is 0.223 e. The van der Waals surface area contributed by atoms with Gasteiger partial charge in [-0.15, -0.1) is 0 Å². The highest BCUT2D eigenvalue weighted by atomic mass is 31.2. The first-order valence-electron chi connectivity index (χ1n) is 8.93. The Labute approximate surface area is 163 Å². The fraction of sp³-hybridized carbons (Fsp3) is 0.556. The molecule has 0 bridgehead atoms. The maximum atomic E-state index is 12.5. The lowest BCUT2D eigenvalue weighted by atomic mass is 9.84. The highest BCUT2D eigenvalue weighted by molar-refractivity contribution is 7.43. The summed E-state index contributed by atoms with van der Waals surface area (Å²) in [6.45, 7) is 3.56. The largest absolute Gasteiger partial charge is 0.790 e. The standard InChI is InChI=1S/C18H23N2O7P/c1-18(2)17(25-8-9-26-28(22,23)24)16(20-7-3-4-15(20)21)13-10-12(11-19)5-6-14(13)27-18/h5-6,10,16-17H,3-4,7-9H2,1-2H3,(H2,22,23,24)/p-2/t16-,17+/m0/s1. The van der Waals surface area contributed by atoms with Crippen LogP contribution in [-0.2, 0) is 18.6 Å². The average Bonchev–Trinajstić information content (AvgIpc) is 3.02. The molecule has 0 saturated carbocycles. The number of nitriles is 1. The van der Waals surface area contributed by atoms with E-state index in [-0.39, 0.29) is 12.5 Å². The van der Waals surface area contributed by atoms with Crippen LogP contribution in [-0.4, -0.2) is 42.3 Å². The Kier molecular flexibility index (Phi) is 5.80. The van der Waals surface area contributed by atoms with E-state index in [9.17, 15) is 24.4 Å². The van der Waals surface area contributed by atoms with Crippen LogP contribution in [0.2, 0.25) is 0 Å². The molecule has 0 unspecified atom stereocenters. The van der Waals surface area contributed by atoms with Gasteiger partial charge in [-0.25, -0.2) is 0 Å². The molecule has 1 aromatic rings. The molecule has 3 rings (SSSR count). The molecule has 0 aliphatic carbocycles. The summed E-state index contributed by atoms with van der Waals surface area (Å²) >= 11 is 0. The van der Waals surface area contributed by atoms with Crippen LogP contribution >= 0.6 is 7.82 Å². The van der Waals surface area contributed by atoms with Crippen molar-refractivity contribution < 1.29 is 33.1 Å². The van der Waals surface area contributed by atoms with Gasteiger partial charge in [0.25, 0.3) is 0 Å². The first-order valence-corrected chi connectivity index (χ1v) is 10.4. The summed E-state index contributed by atoms with van der Waals surface area (Å²) in [4.78, 5) is 35.5. The van der Waals surface area contributed by atoms with Crippen LogP contribution in [0.4, 0.5) is 0 Å². The number of nitrogens with zero attached hydrogens (tertiary/aromatic N) is 2. The van der Waals surface area contributed by atoms with E-state index in [1.165, 1.54) is 0 Å². The van der Waals surface area contributed by atoms with E-state index in [1.807, 2.05) is 0 Å². The third-order valence-electron chi connectivity index (χ3n) is 4.88. The lowest BCUT2D eigenvalue weighted by molar-refractivity contribution is -0.342. The molecule has 0 N–H and O–H groups in total. The van der Waals surface area contributed by atoms with Crippen molar-refractivity contribution in [1.82, 2.24) is 4.90 Å². The summed E-state index contributed by atoms with van der Waals surface area (Å²) < 4.78 is 26.8. The van der Waals surface area contributed by atoms with Crippen LogP contribution in [0.1, 0.15) is 43.9 Å². The second-order valence-corrected chi connectivity index (χ2v) is 8.43. The molecule has 1 amide bonds. The van der Waals surface area contributed by atoms with E-state index >= 15 is 0 Å². The molecule has 1 aromatic carbocycles. The van der Waals surface area contributed by atoms with Crippen molar-refractivity contribution in [2.24, 2.45) is 0 Å². The van der Waals surface area contributed by atoms with Crippen LogP contribution < -0.4 is 14.5 Å². The summed E-state index contributed by atoms with van der Waals surface area (Å²) in [6.07, 6.45) is 0.489. The number of carbonyl (C=O) groups excluding carboxylic acids is 1. The third-order valence-corrected chi connectivity index (χ3v) is 5.38. The highest BCUT2D eigenvalue weighted by Gasteiger charge is 2.49. The normalized spacial score (nSPS) is 23.8. The minimum atomic E-state index is -5.09. The van der Waals surface area contributed by atoms with Gasteiger partial charge in [0.05, 0.1) is 38.7 Å². The Morgan fingerprint density at radius 2 is 2.14 bits per heavy atom. The van der Waals surface area contributed by atoms with Gasteiger partial charge in [-0.05, 0) is 38.5 Å². The van der Waals surface area contributed by atoms with Crippen molar-refractivity contribution in [3.63, 3.8) is 0 Å². The fourth-order valence-corrected chi connectivity index (χ4v) is 4.04. The van der Waals surface area contributed by atoms with Gasteiger partial charge in [0.1, 0.15) is 17.5 Å². The number of phosphoric acid groups is 1. The number of likely N-dealkylation sites (tertiary alicyclic amines) is 1. The number of hydrogen-bond acceptors (Lipinski definition) is 8. The van der Waals surface area contributed by atoms with Gasteiger partial charge in [0, 0.05) is 18.5 Å². The lowest BCUT2D eigenvalue weighted by Crippen LogP contribution is -2.55. The Morgan fingerprint density at radius 1 is 1.39 bits per heavy atom. The monoisotopic (exact) mass is 408 g/mol. The maximum absolute atomic E-state index is 12.5. The molecule has 0 radical (unpaired) electrons. The summed E-state index contributed by atoms with van der Waals surface area (Å²) in [5.41, 5.74) is 0.241. The Hall–Kier alpha value is -1.95. The zero-order valence-electron chi connectivity index (χ0n) is 15.6. The van der Waals surface area contributed by atoms with Gasteiger partial charge < -0.3 is 33.2 Å². The average molecular weight is 408 g/mol. The van der Waals surface area contributed by atoms with Crippen LogP contribution in [0.15, 0.2) is 18.2 Å². The van der Waals surface area contributed by atoms with Crippen molar-refractivity contribution in [3.8, 4) is 11.8 Å². The Morgan fingerprint density at radius 3 is 2.75 bits per heavy atom.